The summed E-state index contributed by atoms with van der Waals surface area (Å²) in [5.41, 5.74) is 1.04. The van der Waals surface area contributed by atoms with E-state index in [-0.39, 0.29) is 5.91 Å². The van der Waals surface area contributed by atoms with Crippen molar-refractivity contribution >= 4 is 27.5 Å². The van der Waals surface area contributed by atoms with Gasteiger partial charge in [0, 0.05) is 23.3 Å². The Morgan fingerprint density at radius 3 is 2.29 bits per heavy atom. The highest BCUT2D eigenvalue weighted by Crippen LogP contribution is 2.25. The van der Waals surface area contributed by atoms with Gasteiger partial charge in [0.1, 0.15) is 37.1 Å². The van der Waals surface area contributed by atoms with Crippen LogP contribution in [0, 0.1) is 0 Å². The molecule has 162 valence electrons. The van der Waals surface area contributed by atoms with E-state index in [1.807, 2.05) is 48.5 Å². The first-order valence-electron chi connectivity index (χ1n) is 9.79. The third kappa shape index (κ3) is 7.31. The molecular weight excluding hydrogens is 462 g/mol. The lowest BCUT2D eigenvalue weighted by Gasteiger charge is -2.13. The van der Waals surface area contributed by atoms with Gasteiger partial charge >= 0.3 is 0 Å². The van der Waals surface area contributed by atoms with Crippen LogP contribution in [0.4, 0.5) is 5.69 Å². The Balaban J connectivity index is 1.57. The molecule has 3 rings (SSSR count). The Hall–Kier alpha value is -3.03. The largest absolute Gasteiger partial charge is 0.490 e. The minimum atomic E-state index is -0.279. The first kappa shape index (κ1) is 22.7. The maximum Gasteiger partial charge on any atom is 0.259 e. The summed E-state index contributed by atoms with van der Waals surface area (Å²) in [7, 11) is 1.60. The molecule has 3 aromatic rings. The molecule has 0 bridgehead atoms. The Morgan fingerprint density at radius 2 is 1.52 bits per heavy atom. The van der Waals surface area contributed by atoms with Crippen molar-refractivity contribution in [2.24, 2.45) is 0 Å². The molecule has 0 saturated heterocycles. The number of anilines is 1. The van der Waals surface area contributed by atoms with Gasteiger partial charge in [-0.05, 0) is 42.5 Å². The molecule has 0 fully saturated rings. The summed E-state index contributed by atoms with van der Waals surface area (Å²) in [6.45, 7) is 1.59. The van der Waals surface area contributed by atoms with E-state index in [4.69, 9.17) is 18.9 Å². The molecule has 0 heterocycles. The molecule has 0 aliphatic rings. The summed E-state index contributed by atoms with van der Waals surface area (Å²) >= 11 is 3.40. The molecular formula is C24H24BrNO5. The van der Waals surface area contributed by atoms with Crippen LogP contribution in [-0.2, 0) is 4.74 Å². The van der Waals surface area contributed by atoms with Crippen molar-refractivity contribution < 1.29 is 23.7 Å². The molecule has 0 unspecified atom stereocenters. The number of hydrogen-bond donors (Lipinski definition) is 1. The summed E-state index contributed by atoms with van der Waals surface area (Å²) in [4.78, 5) is 12.8. The number of carbonyl (C=O) groups excluding carboxylic acids is 1. The van der Waals surface area contributed by atoms with Gasteiger partial charge in [-0.2, -0.15) is 0 Å². The average molecular weight is 486 g/mol. The fourth-order valence-corrected chi connectivity index (χ4v) is 3.10. The van der Waals surface area contributed by atoms with E-state index in [2.05, 4.69) is 21.2 Å². The smallest absolute Gasteiger partial charge is 0.259 e. The molecule has 1 amide bonds. The van der Waals surface area contributed by atoms with Crippen LogP contribution in [0.1, 0.15) is 10.4 Å². The van der Waals surface area contributed by atoms with Gasteiger partial charge in [-0.15, -0.1) is 0 Å². The Kier molecular flexibility index (Phi) is 8.75. The van der Waals surface area contributed by atoms with Crippen LogP contribution in [0.3, 0.4) is 0 Å². The van der Waals surface area contributed by atoms with Gasteiger partial charge in [0.05, 0.1) is 12.2 Å². The van der Waals surface area contributed by atoms with Gasteiger partial charge in [0.25, 0.3) is 5.91 Å². The number of ether oxygens (including phenoxy) is 4. The number of halogens is 1. The molecule has 0 spiro atoms. The lowest BCUT2D eigenvalue weighted by atomic mass is 10.2. The van der Waals surface area contributed by atoms with Crippen molar-refractivity contribution in [2.45, 2.75) is 0 Å². The molecule has 6 nitrogen and oxygen atoms in total. The maximum atomic E-state index is 12.8. The number of amides is 1. The molecule has 1 N–H and O–H groups in total. The van der Waals surface area contributed by atoms with Gasteiger partial charge in [0.15, 0.2) is 0 Å². The second-order valence-electron chi connectivity index (χ2n) is 6.47. The number of methoxy groups -OCH3 is 1. The minimum absolute atomic E-state index is 0.279. The molecule has 0 saturated carbocycles. The first-order valence-corrected chi connectivity index (χ1v) is 10.6. The quantitative estimate of drug-likeness (QED) is 0.378. The monoisotopic (exact) mass is 485 g/mol. The van der Waals surface area contributed by atoms with E-state index in [9.17, 15) is 4.79 Å². The molecule has 0 radical (unpaired) electrons. The number of nitrogens with one attached hydrogen (secondary N) is 1. The SMILES string of the molecule is COCCOc1ccc(Br)cc1C(=O)Nc1cccc(OCCOc2ccccc2)c1. The van der Waals surface area contributed by atoms with E-state index in [1.165, 1.54) is 0 Å². The van der Waals surface area contributed by atoms with E-state index in [1.54, 1.807) is 31.4 Å². The summed E-state index contributed by atoms with van der Waals surface area (Å²) < 4.78 is 22.8. The van der Waals surface area contributed by atoms with Crippen LogP contribution >= 0.6 is 15.9 Å². The van der Waals surface area contributed by atoms with Crippen molar-refractivity contribution in [1.82, 2.24) is 0 Å². The molecule has 31 heavy (non-hydrogen) atoms. The van der Waals surface area contributed by atoms with Crippen LogP contribution in [0.5, 0.6) is 17.2 Å². The predicted molar refractivity (Wildman–Crippen MR) is 123 cm³/mol. The van der Waals surface area contributed by atoms with Gasteiger partial charge in [-0.25, -0.2) is 0 Å². The van der Waals surface area contributed by atoms with Crippen molar-refractivity contribution in [3.63, 3.8) is 0 Å². The van der Waals surface area contributed by atoms with Crippen LogP contribution in [0.2, 0.25) is 0 Å². The summed E-state index contributed by atoms with van der Waals surface area (Å²) in [5, 5.41) is 2.89. The highest BCUT2D eigenvalue weighted by molar-refractivity contribution is 9.10. The molecule has 0 atom stereocenters. The third-order valence-corrected chi connectivity index (χ3v) is 4.68. The van der Waals surface area contributed by atoms with Gasteiger partial charge in [-0.3, -0.25) is 4.79 Å². The van der Waals surface area contributed by atoms with Gasteiger partial charge in [-0.1, -0.05) is 40.2 Å². The predicted octanol–water partition coefficient (Wildman–Crippen LogP) is 5.18. The Morgan fingerprint density at radius 1 is 0.806 bits per heavy atom. The van der Waals surface area contributed by atoms with Crippen molar-refractivity contribution in [3.05, 3.63) is 82.8 Å². The fraction of sp³-hybridized carbons (Fsp3) is 0.208. The number of hydrogen-bond acceptors (Lipinski definition) is 5. The normalized spacial score (nSPS) is 10.4. The molecule has 3 aromatic carbocycles. The maximum absolute atomic E-state index is 12.8. The number of benzene rings is 3. The van der Waals surface area contributed by atoms with Crippen molar-refractivity contribution in [2.75, 3.05) is 38.9 Å². The second kappa shape index (κ2) is 12.0. The van der Waals surface area contributed by atoms with E-state index in [0.29, 0.717) is 49.2 Å². The average Bonchev–Trinajstić information content (AvgIpc) is 2.79. The van der Waals surface area contributed by atoms with Crippen molar-refractivity contribution in [1.29, 1.82) is 0 Å². The second-order valence-corrected chi connectivity index (χ2v) is 7.39. The first-order chi connectivity index (χ1) is 15.2. The molecule has 7 heteroatoms. The lowest BCUT2D eigenvalue weighted by molar-refractivity contribution is 0.101. The standard InChI is InChI=1S/C24H24BrNO5/c1-28-12-13-31-23-11-10-18(25)16-22(23)24(27)26-19-6-5-9-21(17-19)30-15-14-29-20-7-3-2-4-8-20/h2-11,16-17H,12-15H2,1H3,(H,26,27). The number of carbonyl (C=O) groups is 1. The van der Waals surface area contributed by atoms with Crippen LogP contribution < -0.4 is 19.5 Å². The summed E-state index contributed by atoms with van der Waals surface area (Å²) in [5.74, 6) is 1.64. The molecule has 0 aliphatic heterocycles. The zero-order chi connectivity index (χ0) is 21.9. The van der Waals surface area contributed by atoms with Crippen molar-refractivity contribution in [3.8, 4) is 17.2 Å². The zero-order valence-electron chi connectivity index (χ0n) is 17.2. The van der Waals surface area contributed by atoms with Crippen LogP contribution in [0.25, 0.3) is 0 Å². The highest BCUT2D eigenvalue weighted by atomic mass is 79.9. The Bertz CT molecular complexity index is 981. The molecule has 0 aliphatic carbocycles. The third-order valence-electron chi connectivity index (χ3n) is 4.19. The topological polar surface area (TPSA) is 66.0 Å². The van der Waals surface area contributed by atoms with E-state index < -0.39 is 0 Å². The highest BCUT2D eigenvalue weighted by Gasteiger charge is 2.14. The lowest BCUT2D eigenvalue weighted by Crippen LogP contribution is -2.15. The zero-order valence-corrected chi connectivity index (χ0v) is 18.8. The fourth-order valence-electron chi connectivity index (χ4n) is 2.74. The van der Waals surface area contributed by atoms with E-state index in [0.717, 1.165) is 10.2 Å². The summed E-state index contributed by atoms with van der Waals surface area (Å²) in [6.07, 6.45) is 0. The minimum Gasteiger partial charge on any atom is -0.490 e. The number of rotatable bonds is 11. The number of para-hydroxylation sites is 1. The van der Waals surface area contributed by atoms with Crippen LogP contribution in [0.15, 0.2) is 77.3 Å². The Labute approximate surface area is 190 Å². The van der Waals surface area contributed by atoms with E-state index >= 15 is 0 Å². The van der Waals surface area contributed by atoms with Gasteiger partial charge < -0.3 is 24.3 Å². The molecule has 0 aromatic heterocycles. The summed E-state index contributed by atoms with van der Waals surface area (Å²) in [6, 6.07) is 22.1. The van der Waals surface area contributed by atoms with Gasteiger partial charge in [0.2, 0.25) is 0 Å². The van der Waals surface area contributed by atoms with Crippen LogP contribution in [-0.4, -0.2) is 39.4 Å².